The fourth-order valence-corrected chi connectivity index (χ4v) is 4.25. The maximum absolute atomic E-state index is 14.5. The van der Waals surface area contributed by atoms with Crippen molar-refractivity contribution in [3.63, 3.8) is 0 Å². The summed E-state index contributed by atoms with van der Waals surface area (Å²) in [5.41, 5.74) is 10.4. The first-order valence-corrected chi connectivity index (χ1v) is 10.5. The Balaban J connectivity index is 1.72. The number of aromatic nitrogens is 3. The van der Waals surface area contributed by atoms with Crippen LogP contribution in [0.4, 0.5) is 14.5 Å². The lowest BCUT2D eigenvalue weighted by Crippen LogP contribution is -2.27. The van der Waals surface area contributed by atoms with Crippen LogP contribution in [-0.4, -0.2) is 47.4 Å². The van der Waals surface area contributed by atoms with Crippen LogP contribution >= 0.6 is 0 Å². The summed E-state index contributed by atoms with van der Waals surface area (Å²) in [6, 6.07) is 9.42. The van der Waals surface area contributed by atoms with Crippen molar-refractivity contribution in [2.45, 2.75) is 12.5 Å². The summed E-state index contributed by atoms with van der Waals surface area (Å²) >= 11 is 0. The van der Waals surface area contributed by atoms with Gasteiger partial charge in [0, 0.05) is 37.1 Å². The molecule has 1 saturated heterocycles. The van der Waals surface area contributed by atoms with Crippen LogP contribution in [-0.2, 0) is 4.84 Å². The Labute approximate surface area is 188 Å². The monoisotopic (exact) mass is 448 g/mol. The molecule has 0 bridgehead atoms. The second-order valence-corrected chi connectivity index (χ2v) is 7.99. The van der Waals surface area contributed by atoms with Crippen LogP contribution in [0.3, 0.4) is 0 Å². The lowest BCUT2D eigenvalue weighted by atomic mass is 9.99. The number of anilines is 1. The maximum atomic E-state index is 14.5. The van der Waals surface area contributed by atoms with E-state index in [0.717, 1.165) is 18.7 Å². The van der Waals surface area contributed by atoms with E-state index < -0.39 is 11.6 Å². The predicted octanol–water partition coefficient (Wildman–Crippen LogP) is 4.09. The zero-order valence-electron chi connectivity index (χ0n) is 17.9. The highest BCUT2D eigenvalue weighted by Crippen LogP contribution is 2.40. The molecule has 2 aromatic carbocycles. The van der Waals surface area contributed by atoms with Gasteiger partial charge in [0.05, 0.1) is 23.0 Å². The maximum Gasteiger partial charge on any atom is 0.151 e. The third-order valence-electron chi connectivity index (χ3n) is 5.72. The van der Waals surface area contributed by atoms with Gasteiger partial charge in [-0.05, 0) is 47.9 Å². The highest BCUT2D eigenvalue weighted by molar-refractivity contribution is 5.92. The largest absolute Gasteiger partial charge is 0.399 e. The minimum atomic E-state index is -0.412. The van der Waals surface area contributed by atoms with Crippen molar-refractivity contribution >= 4 is 22.9 Å². The highest BCUT2D eigenvalue weighted by Gasteiger charge is 2.27. The van der Waals surface area contributed by atoms with Gasteiger partial charge in [0.25, 0.3) is 0 Å². The van der Waals surface area contributed by atoms with Crippen molar-refractivity contribution in [2.24, 2.45) is 10.9 Å². The summed E-state index contributed by atoms with van der Waals surface area (Å²) in [5, 5.41) is 3.74. The normalized spacial score (nSPS) is 16.2. The molecule has 1 aliphatic heterocycles. The molecule has 5 rings (SSSR count). The van der Waals surface area contributed by atoms with Gasteiger partial charge in [0.1, 0.15) is 24.3 Å². The smallest absolute Gasteiger partial charge is 0.151 e. The molecule has 0 unspecified atom stereocenters. The van der Waals surface area contributed by atoms with E-state index >= 15 is 0 Å². The lowest BCUT2D eigenvalue weighted by Gasteiger charge is -2.24. The first kappa shape index (κ1) is 21.0. The number of hydrogen-bond acceptors (Lipinski definition) is 6. The molecular weight excluding hydrogens is 426 g/mol. The summed E-state index contributed by atoms with van der Waals surface area (Å²) in [4.78, 5) is 19.0. The topological polar surface area (TPSA) is 92.4 Å². The quantitative estimate of drug-likeness (QED) is 0.354. The molecule has 168 valence electrons. The third-order valence-corrected chi connectivity index (χ3v) is 5.72. The van der Waals surface area contributed by atoms with Gasteiger partial charge in [0.2, 0.25) is 0 Å². The number of hydrogen-bond donors (Lipinski definition) is 2. The molecule has 2 aromatic heterocycles. The molecular formula is C24H22F2N6O. The Bertz CT molecular complexity index is 1350. The average Bonchev–Trinajstić information content (AvgIpc) is 3.44. The number of para-hydroxylation sites is 1. The third kappa shape index (κ3) is 4.03. The SMILES string of the molecule is CO/N=C/c1cc(F)cc(-c2cncc(-c3nc4c(F)cccc4[nH]3)c2N2CC[C@H](N)C2)c1. The summed E-state index contributed by atoms with van der Waals surface area (Å²) in [6.07, 6.45) is 5.64. The molecule has 1 fully saturated rings. The Morgan fingerprint density at radius 3 is 2.82 bits per heavy atom. The van der Waals surface area contributed by atoms with Crippen molar-refractivity contribution in [2.75, 3.05) is 25.1 Å². The number of oxime groups is 1. The zero-order chi connectivity index (χ0) is 22.9. The molecule has 0 radical (unpaired) electrons. The highest BCUT2D eigenvalue weighted by atomic mass is 19.1. The molecule has 33 heavy (non-hydrogen) atoms. The predicted molar refractivity (Wildman–Crippen MR) is 124 cm³/mol. The number of rotatable bonds is 5. The minimum Gasteiger partial charge on any atom is -0.399 e. The zero-order valence-corrected chi connectivity index (χ0v) is 17.9. The van der Waals surface area contributed by atoms with E-state index in [2.05, 4.69) is 25.0 Å². The fraction of sp³-hybridized carbons (Fsp3) is 0.208. The van der Waals surface area contributed by atoms with E-state index in [4.69, 9.17) is 10.6 Å². The van der Waals surface area contributed by atoms with Crippen LogP contribution in [0.2, 0.25) is 0 Å². The standard InChI is InChI=1S/C24H22F2N6O/c1-33-29-10-14-7-15(9-16(25)8-14)18-11-28-12-19(23(18)32-6-5-17(27)13-32)24-30-21-4-2-3-20(26)22(21)31-24/h2-4,7-12,17H,5-6,13,27H2,1H3,(H,30,31)/b29-10+/t17-/m0/s1. The van der Waals surface area contributed by atoms with Crippen LogP contribution in [0.15, 0.2) is 53.9 Å². The number of pyridine rings is 1. The fourth-order valence-electron chi connectivity index (χ4n) is 4.25. The van der Waals surface area contributed by atoms with Crippen LogP contribution in [0.1, 0.15) is 12.0 Å². The molecule has 0 saturated carbocycles. The van der Waals surface area contributed by atoms with Crippen molar-refractivity contribution in [3.8, 4) is 22.5 Å². The van der Waals surface area contributed by atoms with E-state index in [9.17, 15) is 8.78 Å². The number of aromatic amines is 1. The first-order valence-electron chi connectivity index (χ1n) is 10.5. The Morgan fingerprint density at radius 1 is 1.21 bits per heavy atom. The Kier molecular flexibility index (Phi) is 5.47. The first-order chi connectivity index (χ1) is 16.0. The molecule has 1 atom stereocenters. The number of nitrogens with two attached hydrogens (primary N) is 1. The van der Waals surface area contributed by atoms with Crippen molar-refractivity contribution < 1.29 is 13.6 Å². The Hall–Kier alpha value is -3.85. The summed E-state index contributed by atoms with van der Waals surface area (Å²) in [6.45, 7) is 1.36. The number of nitrogens with one attached hydrogen (secondary N) is 1. The molecule has 7 nitrogen and oxygen atoms in total. The van der Waals surface area contributed by atoms with Crippen LogP contribution in [0.25, 0.3) is 33.5 Å². The average molecular weight is 448 g/mol. The summed E-state index contributed by atoms with van der Waals surface area (Å²) in [5.74, 6) is -0.334. The van der Waals surface area contributed by atoms with Crippen molar-refractivity contribution in [1.82, 2.24) is 15.0 Å². The number of H-pyrrole nitrogens is 1. The molecule has 0 aliphatic carbocycles. The van der Waals surface area contributed by atoms with Crippen molar-refractivity contribution in [3.05, 3.63) is 66.0 Å². The van der Waals surface area contributed by atoms with Gasteiger partial charge >= 0.3 is 0 Å². The molecule has 3 N–H and O–H groups in total. The van der Waals surface area contributed by atoms with Gasteiger partial charge in [-0.15, -0.1) is 0 Å². The number of fused-ring (bicyclic) bond motifs is 1. The number of nitrogens with zero attached hydrogens (tertiary/aromatic N) is 4. The molecule has 3 heterocycles. The van der Waals surface area contributed by atoms with Gasteiger partial charge < -0.3 is 20.5 Å². The molecule has 4 aromatic rings. The number of imidazole rings is 1. The van der Waals surface area contributed by atoms with Crippen LogP contribution < -0.4 is 10.6 Å². The Morgan fingerprint density at radius 2 is 2.06 bits per heavy atom. The van der Waals surface area contributed by atoms with Gasteiger partial charge in [0.15, 0.2) is 5.82 Å². The number of benzene rings is 2. The second kappa shape index (κ2) is 8.59. The van der Waals surface area contributed by atoms with E-state index in [-0.39, 0.29) is 11.6 Å². The number of halogens is 2. The second-order valence-electron chi connectivity index (χ2n) is 7.99. The van der Waals surface area contributed by atoms with Gasteiger partial charge in [-0.25, -0.2) is 13.8 Å². The molecule has 0 amide bonds. The molecule has 1 aliphatic rings. The van der Waals surface area contributed by atoms with Crippen molar-refractivity contribution in [1.29, 1.82) is 0 Å². The van der Waals surface area contributed by atoms with E-state index in [0.29, 0.717) is 40.1 Å². The van der Waals surface area contributed by atoms with Crippen LogP contribution in [0, 0.1) is 11.6 Å². The van der Waals surface area contributed by atoms with Crippen LogP contribution in [0.5, 0.6) is 0 Å². The van der Waals surface area contributed by atoms with Gasteiger partial charge in [-0.1, -0.05) is 11.2 Å². The summed E-state index contributed by atoms with van der Waals surface area (Å²) < 4.78 is 28.8. The summed E-state index contributed by atoms with van der Waals surface area (Å²) in [7, 11) is 1.43. The van der Waals surface area contributed by atoms with E-state index in [1.807, 2.05) is 6.07 Å². The van der Waals surface area contributed by atoms with E-state index in [1.165, 1.54) is 31.5 Å². The lowest BCUT2D eigenvalue weighted by molar-refractivity contribution is 0.215. The van der Waals surface area contributed by atoms with Gasteiger partial charge in [-0.2, -0.15) is 0 Å². The van der Waals surface area contributed by atoms with E-state index in [1.54, 1.807) is 24.5 Å². The minimum absolute atomic E-state index is 0.0175. The molecule has 9 heteroatoms. The van der Waals surface area contributed by atoms with Gasteiger partial charge in [-0.3, -0.25) is 4.98 Å². The molecule has 0 spiro atoms.